The van der Waals surface area contributed by atoms with Crippen LogP contribution in [0.1, 0.15) is 57.0 Å². The van der Waals surface area contributed by atoms with Gasteiger partial charge in [0.25, 0.3) is 11.8 Å². The van der Waals surface area contributed by atoms with E-state index < -0.39 is 5.97 Å². The zero-order valence-electron chi connectivity index (χ0n) is 19.0. The fraction of sp³-hybridized carbons (Fsp3) is 0.400. The van der Waals surface area contributed by atoms with E-state index in [0.29, 0.717) is 5.56 Å². The van der Waals surface area contributed by atoms with Gasteiger partial charge in [0.15, 0.2) is 6.61 Å². The van der Waals surface area contributed by atoms with E-state index in [1.165, 1.54) is 0 Å². The first kappa shape index (κ1) is 24.1. The molecule has 0 saturated carbocycles. The Bertz CT molecular complexity index is 884. The van der Waals surface area contributed by atoms with Gasteiger partial charge in [0.1, 0.15) is 0 Å². The molecule has 0 heterocycles. The number of carbonyl (C=O) groups excluding carboxylic acids is 3. The third-order valence-corrected chi connectivity index (χ3v) is 4.80. The number of nitrogens with zero attached hydrogens (tertiary/aromatic N) is 1. The number of rotatable bonds is 8. The number of hydrogen-bond acceptors (Lipinski definition) is 4. The number of hydrogen-bond donors (Lipinski definition) is 1. The second-order valence-corrected chi connectivity index (χ2v) is 8.69. The molecule has 2 aromatic carbocycles. The molecule has 0 aliphatic heterocycles. The lowest BCUT2D eigenvalue weighted by Crippen LogP contribution is -2.40. The smallest absolute Gasteiger partial charge is 0.308 e. The van der Waals surface area contributed by atoms with Crippen molar-refractivity contribution in [2.24, 2.45) is 0 Å². The summed E-state index contributed by atoms with van der Waals surface area (Å²) in [5.41, 5.74) is 2.44. The number of esters is 1. The summed E-state index contributed by atoms with van der Waals surface area (Å²) in [5.74, 6) is -1.08. The van der Waals surface area contributed by atoms with Crippen LogP contribution >= 0.6 is 0 Å². The highest BCUT2D eigenvalue weighted by atomic mass is 16.5. The van der Waals surface area contributed by atoms with E-state index in [1.807, 2.05) is 56.3 Å². The summed E-state index contributed by atoms with van der Waals surface area (Å²) in [5, 5.41) is 2.71. The highest BCUT2D eigenvalue weighted by Crippen LogP contribution is 2.22. The first-order valence-corrected chi connectivity index (χ1v) is 10.5. The fourth-order valence-electron chi connectivity index (χ4n) is 3.10. The second-order valence-electron chi connectivity index (χ2n) is 8.69. The molecule has 0 aromatic heterocycles. The lowest BCUT2D eigenvalue weighted by Gasteiger charge is -2.26. The SMILES string of the molecule is CC(C)N(C(=O)COC(=O)CCNC(=O)c1ccc(C(C)(C)C)cc1)c1ccccc1. The number of anilines is 1. The Kier molecular flexibility index (Phi) is 8.37. The van der Waals surface area contributed by atoms with Gasteiger partial charge in [-0.3, -0.25) is 14.4 Å². The maximum absolute atomic E-state index is 12.5. The minimum Gasteiger partial charge on any atom is -0.455 e. The van der Waals surface area contributed by atoms with E-state index in [4.69, 9.17) is 4.74 Å². The second kappa shape index (κ2) is 10.8. The average Bonchev–Trinajstić information content (AvgIpc) is 2.72. The molecule has 166 valence electrons. The van der Waals surface area contributed by atoms with E-state index in [2.05, 4.69) is 26.1 Å². The largest absolute Gasteiger partial charge is 0.455 e. The quantitative estimate of drug-likeness (QED) is 0.648. The van der Waals surface area contributed by atoms with E-state index in [1.54, 1.807) is 17.0 Å². The predicted octanol–water partition coefficient (Wildman–Crippen LogP) is 4.09. The van der Waals surface area contributed by atoms with Gasteiger partial charge in [-0.2, -0.15) is 0 Å². The van der Waals surface area contributed by atoms with Crippen LogP contribution in [-0.2, 0) is 19.7 Å². The van der Waals surface area contributed by atoms with E-state index in [-0.39, 0.29) is 42.8 Å². The summed E-state index contributed by atoms with van der Waals surface area (Å²) in [6.07, 6.45) is -0.00783. The van der Waals surface area contributed by atoms with Gasteiger partial charge in [-0.15, -0.1) is 0 Å². The van der Waals surface area contributed by atoms with Crippen LogP contribution in [0.15, 0.2) is 54.6 Å². The normalized spacial score (nSPS) is 11.2. The van der Waals surface area contributed by atoms with Gasteiger partial charge >= 0.3 is 5.97 Å². The molecular formula is C25H32N2O4. The Morgan fingerprint density at radius 1 is 0.968 bits per heavy atom. The predicted molar refractivity (Wildman–Crippen MR) is 122 cm³/mol. The van der Waals surface area contributed by atoms with Crippen molar-refractivity contribution in [3.63, 3.8) is 0 Å². The van der Waals surface area contributed by atoms with Gasteiger partial charge in [0, 0.05) is 23.8 Å². The molecule has 1 N–H and O–H groups in total. The highest BCUT2D eigenvalue weighted by Gasteiger charge is 2.20. The molecular weight excluding hydrogens is 392 g/mol. The molecule has 0 bridgehead atoms. The first-order valence-electron chi connectivity index (χ1n) is 10.5. The summed E-state index contributed by atoms with van der Waals surface area (Å²) < 4.78 is 5.12. The maximum Gasteiger partial charge on any atom is 0.308 e. The van der Waals surface area contributed by atoms with Crippen molar-refractivity contribution < 1.29 is 19.1 Å². The summed E-state index contributed by atoms with van der Waals surface area (Å²) in [4.78, 5) is 38.4. The molecule has 0 unspecified atom stereocenters. The first-order chi connectivity index (χ1) is 14.6. The topological polar surface area (TPSA) is 75.7 Å². The lowest BCUT2D eigenvalue weighted by atomic mass is 9.87. The van der Waals surface area contributed by atoms with Gasteiger partial charge in [-0.05, 0) is 49.1 Å². The Morgan fingerprint density at radius 2 is 1.58 bits per heavy atom. The molecule has 0 atom stereocenters. The molecule has 6 heteroatoms. The molecule has 0 aliphatic carbocycles. The third-order valence-electron chi connectivity index (χ3n) is 4.80. The molecule has 2 amide bonds. The van der Waals surface area contributed by atoms with Gasteiger partial charge in [-0.25, -0.2) is 0 Å². The maximum atomic E-state index is 12.5. The Balaban J connectivity index is 1.79. The Labute approximate surface area is 184 Å². The van der Waals surface area contributed by atoms with Gasteiger partial charge < -0.3 is 15.0 Å². The molecule has 2 rings (SSSR count). The zero-order chi connectivity index (χ0) is 23.0. The zero-order valence-corrected chi connectivity index (χ0v) is 19.0. The number of para-hydroxylation sites is 1. The van der Waals surface area contributed by atoms with Crippen LogP contribution in [0.4, 0.5) is 5.69 Å². The van der Waals surface area contributed by atoms with Crippen molar-refractivity contribution in [2.45, 2.75) is 52.5 Å². The summed E-state index contributed by atoms with van der Waals surface area (Å²) in [7, 11) is 0. The molecule has 2 aromatic rings. The number of ether oxygens (including phenoxy) is 1. The van der Waals surface area contributed by atoms with Crippen LogP contribution in [-0.4, -0.2) is 37.0 Å². The average molecular weight is 425 g/mol. The minimum atomic E-state index is -0.534. The molecule has 0 aliphatic rings. The minimum absolute atomic E-state index is 0.00783. The van der Waals surface area contributed by atoms with E-state index in [9.17, 15) is 14.4 Å². The van der Waals surface area contributed by atoms with Gasteiger partial charge in [0.2, 0.25) is 0 Å². The van der Waals surface area contributed by atoms with Crippen molar-refractivity contribution in [1.82, 2.24) is 5.32 Å². The monoisotopic (exact) mass is 424 g/mol. The number of carbonyl (C=O) groups is 3. The van der Waals surface area contributed by atoms with Crippen molar-refractivity contribution in [2.75, 3.05) is 18.1 Å². The molecule has 0 spiro atoms. The molecule has 6 nitrogen and oxygen atoms in total. The molecule has 0 saturated heterocycles. The van der Waals surface area contributed by atoms with Crippen LogP contribution in [0, 0.1) is 0 Å². The van der Waals surface area contributed by atoms with Crippen LogP contribution in [0.3, 0.4) is 0 Å². The summed E-state index contributed by atoms with van der Waals surface area (Å²) >= 11 is 0. The number of amides is 2. The van der Waals surface area contributed by atoms with Crippen LogP contribution in [0.25, 0.3) is 0 Å². The Hall–Kier alpha value is -3.15. The van der Waals surface area contributed by atoms with Crippen molar-refractivity contribution >= 4 is 23.5 Å². The molecule has 31 heavy (non-hydrogen) atoms. The highest BCUT2D eigenvalue weighted by molar-refractivity contribution is 5.96. The van der Waals surface area contributed by atoms with Crippen molar-refractivity contribution in [3.05, 3.63) is 65.7 Å². The standard InChI is InChI=1S/C25H32N2O4/c1-18(2)27(21-9-7-6-8-10-21)22(28)17-31-23(29)15-16-26-24(30)19-11-13-20(14-12-19)25(3,4)5/h6-14,18H,15-17H2,1-5H3,(H,26,30). The van der Waals surface area contributed by atoms with E-state index in [0.717, 1.165) is 11.3 Å². The summed E-state index contributed by atoms with van der Waals surface area (Å²) in [6, 6.07) is 16.6. The number of benzene rings is 2. The van der Waals surface area contributed by atoms with Crippen LogP contribution < -0.4 is 10.2 Å². The van der Waals surface area contributed by atoms with Gasteiger partial charge in [-0.1, -0.05) is 51.1 Å². The fourth-order valence-corrected chi connectivity index (χ4v) is 3.10. The van der Waals surface area contributed by atoms with Crippen molar-refractivity contribution in [3.8, 4) is 0 Å². The third kappa shape index (κ3) is 7.24. The molecule has 0 radical (unpaired) electrons. The van der Waals surface area contributed by atoms with E-state index >= 15 is 0 Å². The van der Waals surface area contributed by atoms with Gasteiger partial charge in [0.05, 0.1) is 6.42 Å². The summed E-state index contributed by atoms with van der Waals surface area (Å²) in [6.45, 7) is 9.93. The molecule has 0 fully saturated rings. The number of nitrogens with one attached hydrogen (secondary N) is 1. The van der Waals surface area contributed by atoms with Crippen LogP contribution in [0.2, 0.25) is 0 Å². The lowest BCUT2D eigenvalue weighted by molar-refractivity contribution is -0.147. The Morgan fingerprint density at radius 3 is 2.13 bits per heavy atom. The van der Waals surface area contributed by atoms with Crippen LogP contribution in [0.5, 0.6) is 0 Å². The van der Waals surface area contributed by atoms with Crippen molar-refractivity contribution in [1.29, 1.82) is 0 Å².